The van der Waals surface area contributed by atoms with Crippen molar-refractivity contribution in [3.05, 3.63) is 29.3 Å². The zero-order chi connectivity index (χ0) is 10.1. The highest BCUT2D eigenvalue weighted by Crippen LogP contribution is 2.28. The van der Waals surface area contributed by atoms with Gasteiger partial charge in [-0.05, 0) is 30.5 Å². The van der Waals surface area contributed by atoms with Crippen molar-refractivity contribution in [3.8, 4) is 0 Å². The molecule has 1 aromatic rings. The van der Waals surface area contributed by atoms with Crippen molar-refractivity contribution in [1.29, 1.82) is 0 Å². The van der Waals surface area contributed by atoms with Crippen LogP contribution in [0.1, 0.15) is 29.8 Å². The molecule has 0 fully saturated rings. The molecule has 0 aromatic heterocycles. The Labute approximate surface area is 88.3 Å². The van der Waals surface area contributed by atoms with E-state index in [-0.39, 0.29) is 11.3 Å². The molecule has 0 saturated carbocycles. The Morgan fingerprint density at radius 3 is 2.93 bits per heavy atom. The minimum atomic E-state index is 0.0259. The van der Waals surface area contributed by atoms with Gasteiger partial charge in [-0.2, -0.15) is 0 Å². The smallest absolute Gasteiger partial charge is 0.224 e. The van der Waals surface area contributed by atoms with E-state index in [1.165, 1.54) is 5.56 Å². The number of hydrogen-bond donors (Lipinski definition) is 1. The first-order valence-electron chi connectivity index (χ1n) is 4.73. The molecule has 1 heterocycles. The molecule has 1 aliphatic heterocycles. The summed E-state index contributed by atoms with van der Waals surface area (Å²) in [7, 11) is 0. The van der Waals surface area contributed by atoms with E-state index in [0.29, 0.717) is 6.42 Å². The van der Waals surface area contributed by atoms with Crippen LogP contribution in [0.15, 0.2) is 18.2 Å². The van der Waals surface area contributed by atoms with E-state index in [1.807, 2.05) is 19.1 Å². The summed E-state index contributed by atoms with van der Waals surface area (Å²) in [5.41, 5.74) is 3.23. The van der Waals surface area contributed by atoms with Crippen molar-refractivity contribution in [2.24, 2.45) is 0 Å². The molecule has 0 bridgehead atoms. The number of rotatable bonds is 1. The van der Waals surface area contributed by atoms with Gasteiger partial charge in [0.1, 0.15) is 0 Å². The minimum absolute atomic E-state index is 0.0259. The quantitative estimate of drug-likeness (QED) is 0.708. The monoisotopic (exact) mass is 209 g/mol. The normalized spacial score (nSPS) is 17.1. The maximum atomic E-state index is 11.1. The van der Waals surface area contributed by atoms with E-state index in [1.54, 1.807) is 0 Å². The van der Waals surface area contributed by atoms with Crippen LogP contribution in [0.3, 0.4) is 0 Å². The number of benzene rings is 1. The van der Waals surface area contributed by atoms with Crippen molar-refractivity contribution < 1.29 is 4.79 Å². The number of nitrogens with one attached hydrogen (secondary N) is 1. The number of alkyl halides is 1. The molecular weight excluding hydrogens is 198 g/mol. The first-order chi connectivity index (χ1) is 6.66. The molecule has 74 valence electrons. The van der Waals surface area contributed by atoms with Gasteiger partial charge in [0.25, 0.3) is 0 Å². The zero-order valence-corrected chi connectivity index (χ0v) is 8.77. The van der Waals surface area contributed by atoms with Gasteiger partial charge in [-0.15, -0.1) is 11.6 Å². The van der Waals surface area contributed by atoms with Crippen molar-refractivity contribution in [3.63, 3.8) is 0 Å². The van der Waals surface area contributed by atoms with Crippen LogP contribution >= 0.6 is 11.6 Å². The Morgan fingerprint density at radius 2 is 2.21 bits per heavy atom. The van der Waals surface area contributed by atoms with Crippen LogP contribution in [0.2, 0.25) is 0 Å². The largest absolute Gasteiger partial charge is 0.326 e. The maximum absolute atomic E-state index is 11.1. The topological polar surface area (TPSA) is 29.1 Å². The lowest BCUT2D eigenvalue weighted by Crippen LogP contribution is -2.18. The number of fused-ring (bicyclic) bond motifs is 1. The van der Waals surface area contributed by atoms with Gasteiger partial charge >= 0.3 is 0 Å². The highest BCUT2D eigenvalue weighted by atomic mass is 35.5. The summed E-state index contributed by atoms with van der Waals surface area (Å²) < 4.78 is 0. The number of carbonyl (C=O) groups excluding carboxylic acids is 1. The van der Waals surface area contributed by atoms with Gasteiger partial charge < -0.3 is 5.32 Å². The molecule has 2 rings (SSSR count). The van der Waals surface area contributed by atoms with Crippen LogP contribution < -0.4 is 5.32 Å². The van der Waals surface area contributed by atoms with Crippen molar-refractivity contribution >= 4 is 23.2 Å². The summed E-state index contributed by atoms with van der Waals surface area (Å²) in [5, 5.41) is 2.87. The van der Waals surface area contributed by atoms with Gasteiger partial charge in [0.05, 0.1) is 5.38 Å². The van der Waals surface area contributed by atoms with E-state index in [0.717, 1.165) is 17.7 Å². The second kappa shape index (κ2) is 3.62. The molecule has 1 atom stereocenters. The van der Waals surface area contributed by atoms with E-state index >= 15 is 0 Å². The van der Waals surface area contributed by atoms with Crippen molar-refractivity contribution in [2.75, 3.05) is 5.32 Å². The molecule has 1 amide bonds. The van der Waals surface area contributed by atoms with Crippen LogP contribution in [-0.4, -0.2) is 5.91 Å². The molecule has 1 N–H and O–H groups in total. The highest BCUT2D eigenvalue weighted by Gasteiger charge is 2.15. The fraction of sp³-hybridized carbons (Fsp3) is 0.364. The number of anilines is 1. The lowest BCUT2D eigenvalue weighted by molar-refractivity contribution is -0.116. The highest BCUT2D eigenvalue weighted by molar-refractivity contribution is 6.20. The Hall–Kier alpha value is -1.02. The molecule has 14 heavy (non-hydrogen) atoms. The van der Waals surface area contributed by atoms with Gasteiger partial charge in [-0.1, -0.05) is 12.1 Å². The SMILES string of the molecule is CC(Cl)c1ccc2c(c1)CCC(=O)N2. The van der Waals surface area contributed by atoms with Gasteiger partial charge in [0, 0.05) is 12.1 Å². The second-order valence-electron chi connectivity index (χ2n) is 3.58. The van der Waals surface area contributed by atoms with Crippen molar-refractivity contribution in [1.82, 2.24) is 0 Å². The summed E-state index contributed by atoms with van der Waals surface area (Å²) in [5.74, 6) is 0.101. The summed E-state index contributed by atoms with van der Waals surface area (Å²) in [6, 6.07) is 5.97. The maximum Gasteiger partial charge on any atom is 0.224 e. The molecule has 3 heteroatoms. The fourth-order valence-electron chi connectivity index (χ4n) is 1.65. The third kappa shape index (κ3) is 1.75. The number of amides is 1. The predicted octanol–water partition coefficient (Wildman–Crippen LogP) is 2.87. The molecular formula is C11H12ClNO. The Bertz CT molecular complexity index is 374. The first-order valence-corrected chi connectivity index (χ1v) is 5.17. The second-order valence-corrected chi connectivity index (χ2v) is 4.24. The molecule has 0 aliphatic carbocycles. The number of halogens is 1. The zero-order valence-electron chi connectivity index (χ0n) is 8.01. The lowest BCUT2D eigenvalue weighted by Gasteiger charge is -2.18. The van der Waals surface area contributed by atoms with E-state index in [4.69, 9.17) is 11.6 Å². The van der Waals surface area contributed by atoms with Crippen LogP contribution in [0, 0.1) is 0 Å². The average Bonchev–Trinajstić information content (AvgIpc) is 2.16. The van der Waals surface area contributed by atoms with E-state index in [9.17, 15) is 4.79 Å². The molecule has 1 aromatic carbocycles. The number of carbonyl (C=O) groups is 1. The van der Waals surface area contributed by atoms with Crippen molar-refractivity contribution in [2.45, 2.75) is 25.1 Å². The summed E-state index contributed by atoms with van der Waals surface area (Å²) in [4.78, 5) is 11.1. The third-order valence-corrected chi connectivity index (χ3v) is 2.74. The molecule has 0 saturated heterocycles. The lowest BCUT2D eigenvalue weighted by atomic mass is 9.99. The summed E-state index contributed by atoms with van der Waals surface area (Å²) in [6.07, 6.45) is 1.39. The van der Waals surface area contributed by atoms with Crippen LogP contribution in [0.5, 0.6) is 0 Å². The standard InChI is InChI=1S/C11H12ClNO/c1-7(12)8-2-4-10-9(6-8)3-5-11(14)13-10/h2,4,6-7H,3,5H2,1H3,(H,13,14). The third-order valence-electron chi connectivity index (χ3n) is 2.48. The van der Waals surface area contributed by atoms with Gasteiger partial charge in [0.15, 0.2) is 0 Å². The summed E-state index contributed by atoms with van der Waals surface area (Å²) in [6.45, 7) is 1.95. The molecule has 1 unspecified atom stereocenters. The molecule has 2 nitrogen and oxygen atoms in total. The van der Waals surface area contributed by atoms with E-state index < -0.39 is 0 Å². The van der Waals surface area contributed by atoms with E-state index in [2.05, 4.69) is 11.4 Å². The average molecular weight is 210 g/mol. The predicted molar refractivity (Wildman–Crippen MR) is 57.7 cm³/mol. The van der Waals surface area contributed by atoms with Gasteiger partial charge in [0.2, 0.25) is 5.91 Å². The first kappa shape index (κ1) is 9.53. The molecule has 1 aliphatic rings. The fourth-order valence-corrected chi connectivity index (χ4v) is 1.79. The van der Waals surface area contributed by atoms with Crippen LogP contribution in [0.4, 0.5) is 5.69 Å². The van der Waals surface area contributed by atoms with Gasteiger partial charge in [-0.25, -0.2) is 0 Å². The number of aryl methyl sites for hydroxylation is 1. The van der Waals surface area contributed by atoms with Crippen LogP contribution in [-0.2, 0) is 11.2 Å². The molecule has 0 spiro atoms. The Balaban J connectivity index is 2.36. The van der Waals surface area contributed by atoms with Crippen LogP contribution in [0.25, 0.3) is 0 Å². The van der Waals surface area contributed by atoms with Gasteiger partial charge in [-0.3, -0.25) is 4.79 Å². The minimum Gasteiger partial charge on any atom is -0.326 e. The molecule has 0 radical (unpaired) electrons. The Kier molecular flexibility index (Phi) is 2.46. The Morgan fingerprint density at radius 1 is 1.43 bits per heavy atom. The summed E-state index contributed by atoms with van der Waals surface area (Å²) >= 11 is 5.99. The number of hydrogen-bond acceptors (Lipinski definition) is 1.